The fourth-order valence-corrected chi connectivity index (χ4v) is 22.3. The predicted molar refractivity (Wildman–Crippen MR) is 362 cm³/mol. The number of rotatable bonds is 29. The van der Waals surface area contributed by atoms with E-state index in [-0.39, 0.29) is 11.6 Å². The average molecular weight is 1210 g/mol. The number of carbonyl (C=O) groups excluding carboxylic acids is 2. The van der Waals surface area contributed by atoms with Crippen molar-refractivity contribution >= 4 is 122 Å². The van der Waals surface area contributed by atoms with Crippen molar-refractivity contribution in [2.75, 3.05) is 0 Å². The van der Waals surface area contributed by atoms with E-state index in [1.165, 1.54) is 152 Å². The first-order valence-electron chi connectivity index (χ1n) is 30.7. The van der Waals surface area contributed by atoms with Crippen molar-refractivity contribution in [3.8, 4) is 50.1 Å². The van der Waals surface area contributed by atoms with Gasteiger partial charge in [0.25, 0.3) is 0 Å². The molecule has 0 spiro atoms. The highest BCUT2D eigenvalue weighted by Crippen LogP contribution is 2.56. The second kappa shape index (κ2) is 27.2. The van der Waals surface area contributed by atoms with Crippen LogP contribution in [0.15, 0.2) is 60.7 Å². The molecule has 80 heavy (non-hydrogen) atoms. The molecule has 0 saturated heterocycles. The summed E-state index contributed by atoms with van der Waals surface area (Å²) in [5.74, 6) is 2.60. The summed E-state index contributed by atoms with van der Waals surface area (Å²) in [4.78, 5) is 48.4. The van der Waals surface area contributed by atoms with Gasteiger partial charge in [0.05, 0.1) is 10.4 Å². The molecule has 0 amide bonds. The molecule has 4 unspecified atom stereocenters. The summed E-state index contributed by atoms with van der Waals surface area (Å²) in [6.45, 7) is 22.8. The Hall–Kier alpha value is -3.32. The molecule has 4 atom stereocenters. The van der Waals surface area contributed by atoms with Crippen molar-refractivity contribution in [3.63, 3.8) is 0 Å². The van der Waals surface area contributed by atoms with Crippen molar-refractivity contribution in [3.05, 3.63) is 112 Å². The normalized spacial score (nSPS) is 14.2. The maximum atomic E-state index is 15.6. The lowest BCUT2D eigenvalue weighted by atomic mass is 9.81. The SMILES string of the molecule is CCCCC(CC)Cc1ccc(-c2c3cc(-c4ccc(-c5sc(C)c6c5C(=O)c5c(CC(CC)CCCC)sc(CC(CC)CCCC)c5C6=O)s4)sc3c(-c3ccc(CC(CC)CCCC)s3)c3cc(-c4ccc(C)s4)sc23)s1. The molecule has 1 aromatic carbocycles. The Morgan fingerprint density at radius 1 is 0.362 bits per heavy atom. The van der Waals surface area contributed by atoms with Crippen LogP contribution in [0.3, 0.4) is 0 Å². The van der Waals surface area contributed by atoms with Gasteiger partial charge >= 0.3 is 0 Å². The third-order valence-electron chi connectivity index (χ3n) is 17.5. The average Bonchev–Trinajstić information content (AvgIpc) is 4.53. The smallest absolute Gasteiger partial charge is 0.197 e. The number of hydrogen-bond donors (Lipinski definition) is 0. The van der Waals surface area contributed by atoms with Gasteiger partial charge in [-0.25, -0.2) is 0 Å². The Morgan fingerprint density at radius 3 is 1.21 bits per heavy atom. The van der Waals surface area contributed by atoms with Crippen LogP contribution >= 0.6 is 90.7 Å². The van der Waals surface area contributed by atoms with E-state index >= 15 is 9.59 Å². The minimum absolute atomic E-state index is 0.0820. The van der Waals surface area contributed by atoms with Crippen molar-refractivity contribution in [1.29, 1.82) is 0 Å². The van der Waals surface area contributed by atoms with E-state index < -0.39 is 0 Å². The quantitative estimate of drug-likeness (QED) is 0.0468. The van der Waals surface area contributed by atoms with E-state index in [0.717, 1.165) is 86.9 Å². The maximum Gasteiger partial charge on any atom is 0.197 e. The number of fused-ring (bicyclic) bond motifs is 4. The van der Waals surface area contributed by atoms with Crippen LogP contribution in [0, 0.1) is 37.5 Å². The van der Waals surface area contributed by atoms with E-state index in [9.17, 15) is 0 Å². The molecule has 9 aromatic rings. The second-order valence-electron chi connectivity index (χ2n) is 23.1. The fourth-order valence-electron chi connectivity index (χ4n) is 12.5. The van der Waals surface area contributed by atoms with Gasteiger partial charge in [-0.2, -0.15) is 0 Å². The number of aryl methyl sites for hydroxylation is 2. The lowest BCUT2D eigenvalue weighted by Crippen LogP contribution is -2.22. The van der Waals surface area contributed by atoms with Gasteiger partial charge in [-0.1, -0.05) is 158 Å². The maximum absolute atomic E-state index is 15.6. The number of hydrogen-bond acceptors (Lipinski definition) is 10. The highest BCUT2D eigenvalue weighted by molar-refractivity contribution is 7.30. The van der Waals surface area contributed by atoms with Gasteiger partial charge in [0.15, 0.2) is 11.6 Å². The van der Waals surface area contributed by atoms with Gasteiger partial charge in [-0.15, -0.1) is 90.7 Å². The Morgan fingerprint density at radius 2 is 0.775 bits per heavy atom. The molecule has 8 aromatic heterocycles. The molecule has 8 heterocycles. The molecule has 0 aliphatic heterocycles. The van der Waals surface area contributed by atoms with Crippen LogP contribution in [-0.4, -0.2) is 11.6 Å². The minimum Gasteiger partial charge on any atom is -0.288 e. The first-order valence-corrected chi connectivity index (χ1v) is 37.2. The fraction of sp³-hybridized carbons (Fsp3) is 0.486. The molecule has 0 N–H and O–H groups in total. The molecular formula is C70H84O2S8. The van der Waals surface area contributed by atoms with E-state index in [1.807, 2.05) is 56.7 Å². The van der Waals surface area contributed by atoms with Gasteiger partial charge in [-0.05, 0) is 124 Å². The zero-order valence-corrected chi connectivity index (χ0v) is 55.8. The number of ketones is 2. The molecule has 10 rings (SSSR count). The van der Waals surface area contributed by atoms with Gasteiger partial charge < -0.3 is 0 Å². The lowest BCUT2D eigenvalue weighted by Gasteiger charge is -2.19. The molecule has 1 aliphatic rings. The summed E-state index contributed by atoms with van der Waals surface area (Å²) in [7, 11) is 0. The number of carbonyl (C=O) groups is 2. The Balaban J connectivity index is 1.11. The topological polar surface area (TPSA) is 34.1 Å². The number of unbranched alkanes of at least 4 members (excludes halogenated alkanes) is 4. The Bertz CT molecular complexity index is 3450. The summed E-state index contributed by atoms with van der Waals surface area (Å²) in [6.07, 6.45) is 23.4. The summed E-state index contributed by atoms with van der Waals surface area (Å²) in [6, 6.07) is 24.0. The minimum atomic E-state index is 0.0820. The van der Waals surface area contributed by atoms with Crippen LogP contribution in [0.25, 0.3) is 70.3 Å². The van der Waals surface area contributed by atoms with Crippen LogP contribution in [0.5, 0.6) is 0 Å². The Labute approximate surface area is 511 Å². The molecule has 0 saturated carbocycles. The van der Waals surface area contributed by atoms with Crippen molar-refractivity contribution in [2.45, 2.75) is 198 Å². The van der Waals surface area contributed by atoms with E-state index in [4.69, 9.17) is 0 Å². The molecule has 0 fully saturated rings. The predicted octanol–water partition coefficient (Wildman–Crippen LogP) is 25.2. The van der Waals surface area contributed by atoms with Crippen molar-refractivity contribution in [1.82, 2.24) is 0 Å². The third kappa shape index (κ3) is 12.4. The van der Waals surface area contributed by atoms with E-state index in [1.54, 1.807) is 34.0 Å². The summed E-state index contributed by atoms with van der Waals surface area (Å²) < 4.78 is 2.75. The van der Waals surface area contributed by atoms with Gasteiger partial charge in [-0.3, -0.25) is 9.59 Å². The zero-order valence-electron chi connectivity index (χ0n) is 49.3. The monoisotopic (exact) mass is 1210 g/mol. The molecule has 10 heteroatoms. The first-order chi connectivity index (χ1) is 38.9. The lowest BCUT2D eigenvalue weighted by molar-refractivity contribution is 0.0979. The number of thiophene rings is 8. The zero-order chi connectivity index (χ0) is 56.2. The molecule has 424 valence electrons. The summed E-state index contributed by atoms with van der Waals surface area (Å²) in [5.41, 5.74) is 5.57. The molecule has 0 bridgehead atoms. The van der Waals surface area contributed by atoms with Crippen LogP contribution < -0.4 is 0 Å². The highest BCUT2D eigenvalue weighted by Gasteiger charge is 2.41. The third-order valence-corrected chi connectivity index (χ3v) is 27.0. The highest BCUT2D eigenvalue weighted by atomic mass is 32.1. The van der Waals surface area contributed by atoms with Crippen LogP contribution in [0.2, 0.25) is 0 Å². The van der Waals surface area contributed by atoms with Crippen LogP contribution in [-0.2, 0) is 25.7 Å². The van der Waals surface area contributed by atoms with Crippen LogP contribution in [0.1, 0.15) is 219 Å². The largest absolute Gasteiger partial charge is 0.288 e. The molecule has 1 aliphatic carbocycles. The second-order valence-corrected chi connectivity index (χ2v) is 32.4. The first kappa shape index (κ1) is 59.8. The van der Waals surface area contributed by atoms with E-state index in [2.05, 4.69) is 130 Å². The van der Waals surface area contributed by atoms with Gasteiger partial charge in [0.1, 0.15) is 0 Å². The number of benzene rings is 1. The standard InChI is InChI=1S/C70H84O2S8/c1-11-19-23-43(15-5)35-47-28-31-53(75-47)61-49-39-56(51-30-27-41(9)73-51)79-68(49)62(54-32-29-48(76-54)36-44(16-6)24-20-12-2)50-40-57(80-69(50)61)52-33-34-55(77-52)70-65-60(42(10)74-70)66(71)63-58(37-45(17-7)25-21-13-3)78-59(64(63)67(65)72)38-46(18-8)26-22-14-4/h27-34,39-40,43-46H,11-26,35-38H2,1-10H3. The molecule has 0 radical (unpaired) electrons. The molecule has 2 nitrogen and oxygen atoms in total. The summed E-state index contributed by atoms with van der Waals surface area (Å²) >= 11 is 15.1. The molecular weight excluding hydrogens is 1130 g/mol. The van der Waals surface area contributed by atoms with Gasteiger partial charge in [0.2, 0.25) is 0 Å². The van der Waals surface area contributed by atoms with Crippen LogP contribution in [0.4, 0.5) is 0 Å². The van der Waals surface area contributed by atoms with Crippen molar-refractivity contribution < 1.29 is 9.59 Å². The van der Waals surface area contributed by atoms with Gasteiger partial charge in [0, 0.05) is 111 Å². The Kier molecular flexibility index (Phi) is 20.3. The van der Waals surface area contributed by atoms with E-state index in [0.29, 0.717) is 34.8 Å². The summed E-state index contributed by atoms with van der Waals surface area (Å²) in [5, 5.41) is 2.72. The van der Waals surface area contributed by atoms with Crippen molar-refractivity contribution in [2.24, 2.45) is 23.7 Å².